The van der Waals surface area contributed by atoms with Crippen molar-refractivity contribution in [3.05, 3.63) is 53.4 Å². The molecule has 2 saturated carbocycles. The second kappa shape index (κ2) is 7.00. The van der Waals surface area contributed by atoms with Crippen LogP contribution in [-0.2, 0) is 11.3 Å². The van der Waals surface area contributed by atoms with Crippen LogP contribution in [0.3, 0.4) is 0 Å². The van der Waals surface area contributed by atoms with Gasteiger partial charge < -0.3 is 15.0 Å². The Balaban J connectivity index is 1.29. The molecule has 166 valence electrons. The predicted molar refractivity (Wildman–Crippen MR) is 124 cm³/mol. The maximum Gasteiger partial charge on any atom is 0.0975 e. The molecule has 1 N–H and O–H groups in total. The second-order valence-electron chi connectivity index (χ2n) is 11.3. The van der Waals surface area contributed by atoms with Gasteiger partial charge in [0.05, 0.1) is 11.2 Å². The van der Waals surface area contributed by atoms with Gasteiger partial charge in [-0.1, -0.05) is 25.1 Å². The molecular weight excluding hydrogens is 382 g/mol. The number of fused-ring (bicyclic) bond motifs is 1. The Bertz CT molecular complexity index is 924. The van der Waals surface area contributed by atoms with E-state index < -0.39 is 0 Å². The van der Waals surface area contributed by atoms with Gasteiger partial charge in [0.25, 0.3) is 0 Å². The molecule has 6 atom stereocenters. The number of allylic oxidation sites excluding steroid dienone is 1. The quantitative estimate of drug-likeness (QED) is 0.772. The lowest BCUT2D eigenvalue weighted by atomic mass is 9.60. The van der Waals surface area contributed by atoms with Gasteiger partial charge in [-0.2, -0.15) is 0 Å². The smallest absolute Gasteiger partial charge is 0.0975 e. The lowest BCUT2D eigenvalue weighted by Crippen LogP contribution is -2.56. The van der Waals surface area contributed by atoms with Crippen molar-refractivity contribution in [1.29, 1.82) is 0 Å². The Morgan fingerprint density at radius 2 is 2.13 bits per heavy atom. The molecule has 2 spiro atoms. The van der Waals surface area contributed by atoms with E-state index in [1.54, 1.807) is 5.57 Å². The molecule has 1 aromatic heterocycles. The predicted octanol–water partition coefficient (Wildman–Crippen LogP) is 4.63. The average Bonchev–Trinajstić information content (AvgIpc) is 3.27. The summed E-state index contributed by atoms with van der Waals surface area (Å²) in [5.41, 5.74) is 4.61. The summed E-state index contributed by atoms with van der Waals surface area (Å²) in [5, 5.41) is 3.92. The van der Waals surface area contributed by atoms with Crippen LogP contribution in [0.2, 0.25) is 0 Å². The second-order valence-corrected chi connectivity index (χ2v) is 11.3. The normalized spacial score (nSPS) is 43.2. The molecule has 0 amide bonds. The zero-order chi connectivity index (χ0) is 21.3. The molecule has 4 heteroatoms. The molecule has 1 aromatic rings. The number of hydrogen-bond donors (Lipinski definition) is 1. The summed E-state index contributed by atoms with van der Waals surface area (Å²) in [7, 11) is 4.48. The summed E-state index contributed by atoms with van der Waals surface area (Å²) < 4.78 is 7.35. The van der Waals surface area contributed by atoms with E-state index >= 15 is 0 Å². The average molecular weight is 420 g/mol. The summed E-state index contributed by atoms with van der Waals surface area (Å²) in [6.45, 7) is 3.44. The number of hydrogen-bond acceptors (Lipinski definition) is 4. The van der Waals surface area contributed by atoms with Gasteiger partial charge in [-0.05, 0) is 99.6 Å². The first-order valence-electron chi connectivity index (χ1n) is 12.4. The van der Waals surface area contributed by atoms with Crippen molar-refractivity contribution in [2.45, 2.75) is 88.1 Å². The third-order valence-corrected chi connectivity index (χ3v) is 9.66. The van der Waals surface area contributed by atoms with Gasteiger partial charge in [-0.15, -0.1) is 0 Å². The Kier molecular flexibility index (Phi) is 4.55. The van der Waals surface area contributed by atoms with Gasteiger partial charge in [0, 0.05) is 31.0 Å². The summed E-state index contributed by atoms with van der Waals surface area (Å²) in [6, 6.07) is 5.39. The molecule has 5 aliphatic rings. The fourth-order valence-electron chi connectivity index (χ4n) is 7.90. The van der Waals surface area contributed by atoms with Crippen molar-refractivity contribution in [1.82, 2.24) is 15.2 Å². The van der Waals surface area contributed by atoms with Gasteiger partial charge >= 0.3 is 0 Å². The fourth-order valence-corrected chi connectivity index (χ4v) is 7.90. The Labute approximate surface area is 187 Å². The van der Waals surface area contributed by atoms with Crippen LogP contribution >= 0.6 is 0 Å². The first-order chi connectivity index (χ1) is 15.0. The zero-order valence-electron chi connectivity index (χ0n) is 19.4. The molecule has 31 heavy (non-hydrogen) atoms. The van der Waals surface area contributed by atoms with E-state index in [0.29, 0.717) is 18.0 Å². The van der Waals surface area contributed by atoms with E-state index in [-0.39, 0.29) is 16.6 Å². The van der Waals surface area contributed by atoms with Crippen molar-refractivity contribution < 1.29 is 4.74 Å². The fraction of sp³-hybridized carbons (Fsp3) is 0.667. The van der Waals surface area contributed by atoms with E-state index in [2.05, 4.69) is 54.4 Å². The molecule has 4 nitrogen and oxygen atoms in total. The Morgan fingerprint density at radius 1 is 1.23 bits per heavy atom. The summed E-state index contributed by atoms with van der Waals surface area (Å²) >= 11 is 0. The highest BCUT2D eigenvalue weighted by Crippen LogP contribution is 2.66. The van der Waals surface area contributed by atoms with Gasteiger partial charge in [0.15, 0.2) is 0 Å². The maximum atomic E-state index is 7.35. The Morgan fingerprint density at radius 3 is 2.94 bits per heavy atom. The molecular formula is C27H37N3O. The molecule has 2 aliphatic heterocycles. The Hall–Kier alpha value is -1.49. The molecule has 3 aliphatic carbocycles. The highest BCUT2D eigenvalue weighted by Gasteiger charge is 2.66. The molecule has 2 bridgehead atoms. The molecule has 1 saturated heterocycles. The molecule has 0 aromatic carbocycles. The van der Waals surface area contributed by atoms with E-state index in [1.165, 1.54) is 62.5 Å². The van der Waals surface area contributed by atoms with Crippen LogP contribution in [0.15, 0.2) is 47.8 Å². The zero-order valence-corrected chi connectivity index (χ0v) is 19.4. The molecule has 6 rings (SSSR count). The standard InChI is InChI=1S/C27H37N3O/c1-25-11-10-21-15-20-6-7-22(30(2)3)16-26(20)12-13-27(21,31-26)23(25)8-9-24(25)29-18-19-5-4-14-28-17-19/h4-5,10,14-15,17,22-24,29H,6-9,11-13,16,18H2,1-3H3. The van der Waals surface area contributed by atoms with Crippen LogP contribution < -0.4 is 5.32 Å². The van der Waals surface area contributed by atoms with Gasteiger partial charge in [-0.25, -0.2) is 0 Å². The van der Waals surface area contributed by atoms with Crippen molar-refractivity contribution in [3.8, 4) is 0 Å². The molecule has 3 fully saturated rings. The minimum Gasteiger partial charge on any atom is -0.359 e. The highest BCUT2D eigenvalue weighted by molar-refractivity contribution is 5.47. The number of aromatic nitrogens is 1. The monoisotopic (exact) mass is 419 g/mol. The molecule has 6 unspecified atom stereocenters. The van der Waals surface area contributed by atoms with Crippen molar-refractivity contribution >= 4 is 0 Å². The third-order valence-electron chi connectivity index (χ3n) is 9.66. The maximum absolute atomic E-state index is 7.35. The topological polar surface area (TPSA) is 37.4 Å². The van der Waals surface area contributed by atoms with Crippen LogP contribution in [0.5, 0.6) is 0 Å². The van der Waals surface area contributed by atoms with Crippen LogP contribution in [0.1, 0.15) is 63.9 Å². The van der Waals surface area contributed by atoms with E-state index in [0.717, 1.165) is 6.54 Å². The lowest BCUT2D eigenvalue weighted by molar-refractivity contribution is -0.140. The van der Waals surface area contributed by atoms with E-state index in [9.17, 15) is 0 Å². The molecule has 3 heterocycles. The van der Waals surface area contributed by atoms with Crippen LogP contribution in [0, 0.1) is 11.3 Å². The van der Waals surface area contributed by atoms with Crippen LogP contribution in [0.25, 0.3) is 0 Å². The van der Waals surface area contributed by atoms with E-state index in [4.69, 9.17) is 4.74 Å². The van der Waals surface area contributed by atoms with Crippen molar-refractivity contribution in [3.63, 3.8) is 0 Å². The van der Waals surface area contributed by atoms with Crippen LogP contribution in [-0.4, -0.2) is 47.3 Å². The summed E-state index contributed by atoms with van der Waals surface area (Å²) in [5.74, 6) is 0.614. The summed E-state index contributed by atoms with van der Waals surface area (Å²) in [4.78, 5) is 6.71. The van der Waals surface area contributed by atoms with Crippen molar-refractivity contribution in [2.75, 3.05) is 14.1 Å². The van der Waals surface area contributed by atoms with Crippen LogP contribution in [0.4, 0.5) is 0 Å². The first kappa shape index (κ1) is 20.1. The first-order valence-corrected chi connectivity index (χ1v) is 12.4. The van der Waals surface area contributed by atoms with Gasteiger partial charge in [0.2, 0.25) is 0 Å². The number of rotatable bonds is 4. The van der Waals surface area contributed by atoms with E-state index in [1.807, 2.05) is 18.5 Å². The number of nitrogens with zero attached hydrogens (tertiary/aromatic N) is 2. The number of nitrogens with one attached hydrogen (secondary N) is 1. The minimum absolute atomic E-state index is 0.00397. The minimum atomic E-state index is -0.0462. The SMILES string of the molecule is CN(C)C1CCC2=CC3=CCC4(C)C(NCc5cccnc5)CCC4C34CCC2(C1)O4. The van der Waals surface area contributed by atoms with Crippen molar-refractivity contribution in [2.24, 2.45) is 11.3 Å². The number of ether oxygens (including phenoxy) is 1. The van der Waals surface area contributed by atoms with Gasteiger partial charge in [0.1, 0.15) is 0 Å². The molecule has 0 radical (unpaired) electrons. The highest BCUT2D eigenvalue weighted by atomic mass is 16.5. The third kappa shape index (κ3) is 2.87. The van der Waals surface area contributed by atoms with Gasteiger partial charge in [-0.3, -0.25) is 4.98 Å². The number of pyridine rings is 1. The lowest BCUT2D eigenvalue weighted by Gasteiger charge is -2.54. The summed E-state index contributed by atoms with van der Waals surface area (Å²) in [6.07, 6.45) is 18.7. The largest absolute Gasteiger partial charge is 0.359 e.